The number of rotatable bonds is 3. The molecule has 15 heavy (non-hydrogen) atoms. The number of halogens is 2. The van der Waals surface area contributed by atoms with Crippen molar-refractivity contribution in [3.8, 4) is 5.75 Å². The van der Waals surface area contributed by atoms with Crippen LogP contribution in [0.4, 0.5) is 0 Å². The summed E-state index contributed by atoms with van der Waals surface area (Å²) in [6.07, 6.45) is 5.33. The van der Waals surface area contributed by atoms with E-state index in [2.05, 4.69) is 15.9 Å². The molecule has 0 bridgehead atoms. The smallest absolute Gasteiger partial charge is 0.124 e. The maximum Gasteiger partial charge on any atom is 0.124 e. The summed E-state index contributed by atoms with van der Waals surface area (Å²) in [5.74, 6) is 1.45. The average Bonchev–Trinajstić information content (AvgIpc) is 2.73. The third-order valence-electron chi connectivity index (χ3n) is 2.76. The van der Waals surface area contributed by atoms with Gasteiger partial charge in [0.25, 0.3) is 0 Å². The fourth-order valence-electron chi connectivity index (χ4n) is 1.95. The zero-order valence-electron chi connectivity index (χ0n) is 8.51. The molecule has 1 nitrogen and oxygen atoms in total. The third-order valence-corrected chi connectivity index (χ3v) is 3.54. The van der Waals surface area contributed by atoms with Gasteiger partial charge in [-0.25, -0.2) is 0 Å². The predicted molar refractivity (Wildman–Crippen MR) is 66.6 cm³/mol. The normalized spacial score (nSPS) is 16.9. The second-order valence-electron chi connectivity index (χ2n) is 3.91. The van der Waals surface area contributed by atoms with Crippen LogP contribution in [0.1, 0.15) is 31.2 Å². The summed E-state index contributed by atoms with van der Waals surface area (Å²) >= 11 is 9.32. The summed E-state index contributed by atoms with van der Waals surface area (Å²) in [6, 6.07) is 6.03. The zero-order valence-corrected chi connectivity index (χ0v) is 10.9. The molecule has 1 aromatic rings. The highest BCUT2D eigenvalue weighted by atomic mass is 79.9. The maximum absolute atomic E-state index is 5.95. The molecule has 0 saturated heterocycles. The Kier molecular flexibility index (Phi) is 3.92. The minimum atomic E-state index is 0.396. The van der Waals surface area contributed by atoms with Crippen molar-refractivity contribution in [2.75, 3.05) is 0 Å². The van der Waals surface area contributed by atoms with E-state index in [9.17, 15) is 0 Å². The highest BCUT2D eigenvalue weighted by Crippen LogP contribution is 2.29. The SMILES string of the molecule is ClCc1cc(Br)ccc1OC1CCCC1. The largest absolute Gasteiger partial charge is 0.490 e. The highest BCUT2D eigenvalue weighted by molar-refractivity contribution is 9.10. The Morgan fingerprint density at radius 2 is 2.07 bits per heavy atom. The van der Waals surface area contributed by atoms with Gasteiger partial charge in [-0.1, -0.05) is 15.9 Å². The van der Waals surface area contributed by atoms with Gasteiger partial charge in [-0.3, -0.25) is 0 Å². The molecule has 0 unspecified atom stereocenters. The summed E-state index contributed by atoms with van der Waals surface area (Å²) in [5, 5.41) is 0. The van der Waals surface area contributed by atoms with Gasteiger partial charge in [0.2, 0.25) is 0 Å². The highest BCUT2D eigenvalue weighted by Gasteiger charge is 2.17. The first-order valence-corrected chi connectivity index (χ1v) is 6.63. The summed E-state index contributed by atoms with van der Waals surface area (Å²) in [6.45, 7) is 0. The Morgan fingerprint density at radius 3 is 2.73 bits per heavy atom. The molecule has 2 rings (SSSR count). The molecule has 0 amide bonds. The van der Waals surface area contributed by atoms with Gasteiger partial charge in [-0.05, 0) is 43.9 Å². The first-order valence-electron chi connectivity index (χ1n) is 5.30. The number of hydrogen-bond donors (Lipinski definition) is 0. The van der Waals surface area contributed by atoms with Crippen LogP contribution in [-0.4, -0.2) is 6.10 Å². The standard InChI is InChI=1S/C12H14BrClO/c13-10-5-6-12(9(7-10)8-14)15-11-3-1-2-4-11/h5-7,11H,1-4,8H2. The van der Waals surface area contributed by atoms with E-state index in [4.69, 9.17) is 16.3 Å². The topological polar surface area (TPSA) is 9.23 Å². The van der Waals surface area contributed by atoms with Crippen LogP contribution in [0.25, 0.3) is 0 Å². The van der Waals surface area contributed by atoms with E-state index in [-0.39, 0.29) is 0 Å². The minimum absolute atomic E-state index is 0.396. The lowest BCUT2D eigenvalue weighted by Gasteiger charge is -2.15. The summed E-state index contributed by atoms with van der Waals surface area (Å²) in [4.78, 5) is 0. The molecule has 1 aliphatic carbocycles. The molecule has 82 valence electrons. The fourth-order valence-corrected chi connectivity index (χ4v) is 2.57. The van der Waals surface area contributed by atoms with Crippen molar-refractivity contribution in [1.29, 1.82) is 0 Å². The molecular formula is C12H14BrClO. The van der Waals surface area contributed by atoms with Crippen LogP contribution in [0.3, 0.4) is 0 Å². The van der Waals surface area contributed by atoms with Crippen molar-refractivity contribution in [3.63, 3.8) is 0 Å². The van der Waals surface area contributed by atoms with Gasteiger partial charge in [0.05, 0.1) is 12.0 Å². The van der Waals surface area contributed by atoms with Crippen LogP contribution in [0.5, 0.6) is 5.75 Å². The first kappa shape index (κ1) is 11.3. The number of benzene rings is 1. The number of alkyl halides is 1. The lowest BCUT2D eigenvalue weighted by molar-refractivity contribution is 0.208. The van der Waals surface area contributed by atoms with Gasteiger partial charge in [0.15, 0.2) is 0 Å². The maximum atomic E-state index is 5.95. The van der Waals surface area contributed by atoms with Gasteiger partial charge >= 0.3 is 0 Å². The number of ether oxygens (including phenoxy) is 1. The van der Waals surface area contributed by atoms with Crippen molar-refractivity contribution < 1.29 is 4.74 Å². The molecular weight excluding hydrogens is 275 g/mol. The lowest BCUT2D eigenvalue weighted by atomic mass is 10.2. The van der Waals surface area contributed by atoms with Crippen molar-refractivity contribution in [2.45, 2.75) is 37.7 Å². The van der Waals surface area contributed by atoms with Crippen LogP contribution >= 0.6 is 27.5 Å². The lowest BCUT2D eigenvalue weighted by Crippen LogP contribution is -2.11. The predicted octanol–water partition coefficient (Wildman–Crippen LogP) is 4.51. The molecule has 3 heteroatoms. The van der Waals surface area contributed by atoms with Crippen LogP contribution in [0, 0.1) is 0 Å². The van der Waals surface area contributed by atoms with Crippen molar-refractivity contribution in [2.24, 2.45) is 0 Å². The molecule has 1 saturated carbocycles. The van der Waals surface area contributed by atoms with Gasteiger partial charge in [-0.15, -0.1) is 11.6 Å². The molecule has 1 aliphatic rings. The van der Waals surface area contributed by atoms with E-state index in [0.29, 0.717) is 12.0 Å². The Hall–Kier alpha value is -0.210. The molecule has 0 atom stereocenters. The first-order chi connectivity index (χ1) is 7.29. The Bertz CT molecular complexity index is 334. The molecule has 0 N–H and O–H groups in total. The summed E-state index contributed by atoms with van der Waals surface area (Å²) < 4.78 is 7.00. The van der Waals surface area contributed by atoms with Crippen molar-refractivity contribution >= 4 is 27.5 Å². The van der Waals surface area contributed by atoms with E-state index < -0.39 is 0 Å². The zero-order chi connectivity index (χ0) is 10.7. The van der Waals surface area contributed by atoms with E-state index in [0.717, 1.165) is 15.8 Å². The molecule has 0 radical (unpaired) electrons. The second kappa shape index (κ2) is 5.22. The Labute approximate surface area is 104 Å². The molecule has 1 fully saturated rings. The molecule has 1 aromatic carbocycles. The third kappa shape index (κ3) is 2.88. The van der Waals surface area contributed by atoms with E-state index in [1.165, 1.54) is 25.7 Å². The van der Waals surface area contributed by atoms with Gasteiger partial charge in [-0.2, -0.15) is 0 Å². The quantitative estimate of drug-likeness (QED) is 0.744. The average molecular weight is 290 g/mol. The van der Waals surface area contributed by atoms with Gasteiger partial charge < -0.3 is 4.74 Å². The monoisotopic (exact) mass is 288 g/mol. The van der Waals surface area contributed by atoms with E-state index >= 15 is 0 Å². The van der Waals surface area contributed by atoms with Crippen LogP contribution in [0.15, 0.2) is 22.7 Å². The fraction of sp³-hybridized carbons (Fsp3) is 0.500. The van der Waals surface area contributed by atoms with Crippen molar-refractivity contribution in [3.05, 3.63) is 28.2 Å². The van der Waals surface area contributed by atoms with Crippen LogP contribution in [-0.2, 0) is 5.88 Å². The van der Waals surface area contributed by atoms with Gasteiger partial charge in [0.1, 0.15) is 5.75 Å². The van der Waals surface area contributed by atoms with Crippen LogP contribution < -0.4 is 4.74 Å². The van der Waals surface area contributed by atoms with Crippen LogP contribution in [0.2, 0.25) is 0 Å². The Balaban J connectivity index is 2.12. The second-order valence-corrected chi connectivity index (χ2v) is 5.09. The Morgan fingerprint density at radius 1 is 1.33 bits per heavy atom. The summed E-state index contributed by atoms with van der Waals surface area (Å²) in [5.41, 5.74) is 1.07. The minimum Gasteiger partial charge on any atom is -0.490 e. The van der Waals surface area contributed by atoms with E-state index in [1.807, 2.05) is 18.2 Å². The number of hydrogen-bond acceptors (Lipinski definition) is 1. The molecule has 0 aromatic heterocycles. The molecule has 0 aliphatic heterocycles. The molecule has 0 spiro atoms. The van der Waals surface area contributed by atoms with Crippen molar-refractivity contribution in [1.82, 2.24) is 0 Å². The van der Waals surface area contributed by atoms with Gasteiger partial charge in [0, 0.05) is 10.0 Å². The summed E-state index contributed by atoms with van der Waals surface area (Å²) in [7, 11) is 0. The molecule has 0 heterocycles. The van der Waals surface area contributed by atoms with E-state index in [1.54, 1.807) is 0 Å².